The minimum Gasteiger partial charge on any atom is -0.480 e. The number of rotatable bonds is 2. The molecule has 1 atom stereocenters. The van der Waals surface area contributed by atoms with Gasteiger partial charge >= 0.3 is 5.97 Å². The predicted octanol–water partition coefficient (Wildman–Crippen LogP) is 1.84. The molecule has 0 saturated heterocycles. The van der Waals surface area contributed by atoms with Gasteiger partial charge in [0.2, 0.25) is 0 Å². The molecule has 1 N–H and O–H groups in total. The van der Waals surface area contributed by atoms with E-state index in [1.54, 1.807) is 23.9 Å². The monoisotopic (exact) mass is 269 g/mol. The molecule has 0 amide bonds. The van der Waals surface area contributed by atoms with Gasteiger partial charge in [-0.05, 0) is 22.9 Å². The Morgan fingerprint density at radius 1 is 1.60 bits per heavy atom. The molecule has 2 rings (SSSR count). The fraction of sp³-hybridized carbons (Fsp3) is 0.222. The largest absolute Gasteiger partial charge is 0.480 e. The number of nitrogens with zero attached hydrogens (tertiary/aromatic N) is 3. The van der Waals surface area contributed by atoms with Crippen LogP contribution in [0.25, 0.3) is 11.0 Å². The summed E-state index contributed by atoms with van der Waals surface area (Å²) in [6, 6.07) is -0.647. The normalized spacial score (nSPS) is 12.9. The number of aromatic nitrogens is 3. The molecule has 6 heteroatoms. The highest BCUT2D eigenvalue weighted by atomic mass is 79.9. The number of aliphatic carboxylic acids is 1. The molecule has 2 heterocycles. The summed E-state index contributed by atoms with van der Waals surface area (Å²) in [5.41, 5.74) is 1.43. The lowest BCUT2D eigenvalue weighted by Gasteiger charge is -2.08. The Morgan fingerprint density at radius 3 is 3.00 bits per heavy atom. The SMILES string of the molecule is CC(C(=O)O)n1cnc2c(Br)cncc21. The first kappa shape index (κ1) is 10.1. The summed E-state index contributed by atoms with van der Waals surface area (Å²) in [5, 5.41) is 8.90. The molecule has 1 unspecified atom stereocenters. The van der Waals surface area contributed by atoms with Crippen molar-refractivity contribution < 1.29 is 9.90 Å². The quantitative estimate of drug-likeness (QED) is 0.904. The molecule has 78 valence electrons. The van der Waals surface area contributed by atoms with Crippen LogP contribution in [0.2, 0.25) is 0 Å². The molecule has 5 nitrogen and oxygen atoms in total. The van der Waals surface area contributed by atoms with Gasteiger partial charge in [0.15, 0.2) is 0 Å². The van der Waals surface area contributed by atoms with Crippen molar-refractivity contribution in [3.63, 3.8) is 0 Å². The van der Waals surface area contributed by atoms with Crippen LogP contribution in [-0.2, 0) is 4.79 Å². The first-order chi connectivity index (χ1) is 7.11. The van der Waals surface area contributed by atoms with Gasteiger partial charge in [-0.2, -0.15) is 0 Å². The highest BCUT2D eigenvalue weighted by Crippen LogP contribution is 2.23. The van der Waals surface area contributed by atoms with Crippen molar-refractivity contribution in [3.8, 4) is 0 Å². The van der Waals surface area contributed by atoms with Crippen molar-refractivity contribution in [2.75, 3.05) is 0 Å². The third-order valence-electron chi connectivity index (χ3n) is 2.22. The van der Waals surface area contributed by atoms with Crippen LogP contribution in [0.15, 0.2) is 23.2 Å². The van der Waals surface area contributed by atoms with Gasteiger partial charge in [0.25, 0.3) is 0 Å². The summed E-state index contributed by atoms with van der Waals surface area (Å²) < 4.78 is 2.34. The van der Waals surface area contributed by atoms with E-state index in [0.29, 0.717) is 5.52 Å². The third kappa shape index (κ3) is 1.61. The van der Waals surface area contributed by atoms with E-state index in [-0.39, 0.29) is 0 Å². The van der Waals surface area contributed by atoms with Gasteiger partial charge in [0.1, 0.15) is 11.6 Å². The maximum Gasteiger partial charge on any atom is 0.326 e. The fourth-order valence-electron chi connectivity index (χ4n) is 1.34. The van der Waals surface area contributed by atoms with Crippen LogP contribution in [-0.4, -0.2) is 25.6 Å². The average Bonchev–Trinajstić information content (AvgIpc) is 2.61. The lowest BCUT2D eigenvalue weighted by molar-refractivity contribution is -0.140. The Morgan fingerprint density at radius 2 is 2.33 bits per heavy atom. The van der Waals surface area contributed by atoms with E-state index in [2.05, 4.69) is 25.9 Å². The van der Waals surface area contributed by atoms with E-state index in [0.717, 1.165) is 9.99 Å². The summed E-state index contributed by atoms with van der Waals surface area (Å²) >= 11 is 3.31. The Balaban J connectivity index is 2.64. The molecule has 0 aromatic carbocycles. The minimum absolute atomic E-state index is 0.647. The highest BCUT2D eigenvalue weighted by molar-refractivity contribution is 9.10. The summed E-state index contributed by atoms with van der Waals surface area (Å²) in [7, 11) is 0. The van der Waals surface area contributed by atoms with Crippen molar-refractivity contribution in [1.82, 2.24) is 14.5 Å². The lowest BCUT2D eigenvalue weighted by Crippen LogP contribution is -2.14. The van der Waals surface area contributed by atoms with Crippen molar-refractivity contribution in [1.29, 1.82) is 0 Å². The number of carboxylic acids is 1. The van der Waals surface area contributed by atoms with Gasteiger partial charge in [0, 0.05) is 6.20 Å². The maximum absolute atomic E-state index is 10.8. The first-order valence-corrected chi connectivity index (χ1v) is 5.09. The van der Waals surface area contributed by atoms with E-state index in [4.69, 9.17) is 5.11 Å². The molecule has 2 aromatic heterocycles. The first-order valence-electron chi connectivity index (χ1n) is 4.30. The van der Waals surface area contributed by atoms with Crippen LogP contribution >= 0.6 is 15.9 Å². The molecule has 0 fully saturated rings. The molecular formula is C9H8BrN3O2. The summed E-state index contributed by atoms with van der Waals surface area (Å²) in [6.45, 7) is 1.60. The standard InChI is InChI=1S/C9H8BrN3O2/c1-5(9(14)15)13-4-12-8-6(10)2-11-3-7(8)13/h2-5H,1H3,(H,14,15). The molecule has 0 spiro atoms. The number of fused-ring (bicyclic) bond motifs is 1. The number of halogens is 1. The number of pyridine rings is 1. The molecule has 0 aliphatic rings. The van der Waals surface area contributed by atoms with Gasteiger partial charge in [-0.3, -0.25) is 4.98 Å². The molecule has 0 aliphatic heterocycles. The molecule has 15 heavy (non-hydrogen) atoms. The van der Waals surface area contributed by atoms with Gasteiger partial charge in [0.05, 0.1) is 22.5 Å². The van der Waals surface area contributed by atoms with Crippen molar-refractivity contribution >= 4 is 32.9 Å². The van der Waals surface area contributed by atoms with Gasteiger partial charge in [-0.15, -0.1) is 0 Å². The summed E-state index contributed by atoms with van der Waals surface area (Å²) in [4.78, 5) is 19.0. The Hall–Kier alpha value is -1.43. The van der Waals surface area contributed by atoms with Gasteiger partial charge in [-0.1, -0.05) is 0 Å². The number of imidazole rings is 1. The van der Waals surface area contributed by atoms with Gasteiger partial charge < -0.3 is 9.67 Å². The average molecular weight is 270 g/mol. The second-order valence-corrected chi connectivity index (χ2v) is 4.01. The Kier molecular flexibility index (Phi) is 2.44. The number of carboxylic acid groups (broad SMARTS) is 1. The second kappa shape index (κ2) is 3.62. The smallest absolute Gasteiger partial charge is 0.326 e. The van der Waals surface area contributed by atoms with Gasteiger partial charge in [-0.25, -0.2) is 9.78 Å². The van der Waals surface area contributed by atoms with Crippen LogP contribution in [0.3, 0.4) is 0 Å². The number of hydrogen-bond donors (Lipinski definition) is 1. The number of carbonyl (C=O) groups is 1. The van der Waals surface area contributed by atoms with Crippen LogP contribution in [0.4, 0.5) is 0 Å². The van der Waals surface area contributed by atoms with Crippen LogP contribution in [0, 0.1) is 0 Å². The zero-order valence-electron chi connectivity index (χ0n) is 7.88. The zero-order chi connectivity index (χ0) is 11.0. The predicted molar refractivity (Wildman–Crippen MR) is 57.6 cm³/mol. The van der Waals surface area contributed by atoms with E-state index in [1.807, 2.05) is 0 Å². The molecular weight excluding hydrogens is 262 g/mol. The van der Waals surface area contributed by atoms with E-state index < -0.39 is 12.0 Å². The molecule has 0 saturated carbocycles. The Bertz CT molecular complexity index is 523. The van der Waals surface area contributed by atoms with E-state index in [1.165, 1.54) is 6.33 Å². The molecule has 0 bridgehead atoms. The molecule has 2 aromatic rings. The minimum atomic E-state index is -0.894. The molecule has 0 radical (unpaired) electrons. The van der Waals surface area contributed by atoms with Crippen LogP contribution in [0.5, 0.6) is 0 Å². The van der Waals surface area contributed by atoms with Crippen molar-refractivity contribution in [2.45, 2.75) is 13.0 Å². The van der Waals surface area contributed by atoms with Crippen LogP contribution in [0.1, 0.15) is 13.0 Å². The van der Waals surface area contributed by atoms with E-state index >= 15 is 0 Å². The zero-order valence-corrected chi connectivity index (χ0v) is 9.47. The van der Waals surface area contributed by atoms with Crippen LogP contribution < -0.4 is 0 Å². The van der Waals surface area contributed by atoms with E-state index in [9.17, 15) is 4.79 Å². The fourth-order valence-corrected chi connectivity index (χ4v) is 1.77. The van der Waals surface area contributed by atoms with Crippen molar-refractivity contribution in [3.05, 3.63) is 23.2 Å². The van der Waals surface area contributed by atoms with Crippen molar-refractivity contribution in [2.24, 2.45) is 0 Å². The summed E-state index contributed by atoms with van der Waals surface area (Å²) in [6.07, 6.45) is 4.74. The topological polar surface area (TPSA) is 68.0 Å². The third-order valence-corrected chi connectivity index (χ3v) is 2.80. The maximum atomic E-state index is 10.8. The molecule has 0 aliphatic carbocycles. The Labute approximate surface area is 93.9 Å². The number of hydrogen-bond acceptors (Lipinski definition) is 3. The summed E-state index contributed by atoms with van der Waals surface area (Å²) in [5.74, 6) is -0.894. The lowest BCUT2D eigenvalue weighted by atomic mass is 10.3. The second-order valence-electron chi connectivity index (χ2n) is 3.16. The highest BCUT2D eigenvalue weighted by Gasteiger charge is 2.16.